The number of hydrogen-bond donors (Lipinski definition) is 1. The Hall–Kier alpha value is -3.68. The molecular formula is C19H18N6O2. The highest BCUT2D eigenvalue weighted by molar-refractivity contribution is 6.02. The number of carbonyl (C=O) groups excluding carboxylic acids is 1. The van der Waals surface area contributed by atoms with Crippen LogP contribution in [-0.2, 0) is 6.54 Å². The van der Waals surface area contributed by atoms with Crippen LogP contribution in [0.1, 0.15) is 23.2 Å². The van der Waals surface area contributed by atoms with Crippen molar-refractivity contribution in [3.63, 3.8) is 0 Å². The summed E-state index contributed by atoms with van der Waals surface area (Å²) in [6.45, 7) is 4.74. The Morgan fingerprint density at radius 3 is 2.85 bits per heavy atom. The summed E-state index contributed by atoms with van der Waals surface area (Å²) >= 11 is 0. The molecule has 0 radical (unpaired) electrons. The molecule has 0 fully saturated rings. The quantitative estimate of drug-likeness (QED) is 0.588. The third kappa shape index (κ3) is 3.24. The molecule has 8 heteroatoms. The number of carbonyl (C=O) groups is 1. The highest BCUT2D eigenvalue weighted by Gasteiger charge is 2.17. The summed E-state index contributed by atoms with van der Waals surface area (Å²) in [7, 11) is 0. The molecule has 0 aliphatic carbocycles. The predicted octanol–water partition coefficient (Wildman–Crippen LogP) is 3.30. The fourth-order valence-electron chi connectivity index (χ4n) is 2.87. The van der Waals surface area contributed by atoms with E-state index >= 15 is 0 Å². The molecule has 1 N–H and O–H groups in total. The van der Waals surface area contributed by atoms with Gasteiger partial charge < -0.3 is 9.84 Å². The predicted molar refractivity (Wildman–Crippen MR) is 99.7 cm³/mol. The van der Waals surface area contributed by atoms with E-state index in [1.807, 2.05) is 49.0 Å². The van der Waals surface area contributed by atoms with Gasteiger partial charge in [-0.25, -0.2) is 4.68 Å². The minimum Gasteiger partial charge on any atom is -0.350 e. The third-order valence-corrected chi connectivity index (χ3v) is 4.29. The molecule has 0 atom stereocenters. The van der Waals surface area contributed by atoms with Crippen LogP contribution in [0.3, 0.4) is 0 Å². The summed E-state index contributed by atoms with van der Waals surface area (Å²) in [5.74, 6) is -0.231. The zero-order valence-electron chi connectivity index (χ0n) is 15.0. The maximum absolute atomic E-state index is 12.5. The first kappa shape index (κ1) is 16.8. The van der Waals surface area contributed by atoms with Crippen molar-refractivity contribution in [2.45, 2.75) is 20.4 Å². The number of benzene rings is 1. The van der Waals surface area contributed by atoms with Gasteiger partial charge in [-0.2, -0.15) is 10.2 Å². The second kappa shape index (κ2) is 6.91. The third-order valence-electron chi connectivity index (χ3n) is 4.29. The molecule has 0 unspecified atom stereocenters. The number of aryl methyl sites for hydroxylation is 1. The molecule has 1 amide bonds. The molecule has 0 aliphatic rings. The van der Waals surface area contributed by atoms with Crippen molar-refractivity contribution in [3.05, 3.63) is 66.4 Å². The van der Waals surface area contributed by atoms with Crippen LogP contribution >= 0.6 is 0 Å². The van der Waals surface area contributed by atoms with Gasteiger partial charge in [0.1, 0.15) is 5.69 Å². The Bertz CT molecular complexity index is 1080. The number of nitrogens with one attached hydrogen (secondary N) is 1. The maximum atomic E-state index is 12.5. The summed E-state index contributed by atoms with van der Waals surface area (Å²) < 4.78 is 8.82. The molecule has 3 heterocycles. The van der Waals surface area contributed by atoms with Crippen LogP contribution in [0.2, 0.25) is 0 Å². The molecule has 0 saturated heterocycles. The summed E-state index contributed by atoms with van der Waals surface area (Å²) in [5.41, 5.74) is 3.90. The summed E-state index contributed by atoms with van der Waals surface area (Å²) in [6.07, 6.45) is 5.26. The van der Waals surface area contributed by atoms with E-state index in [0.29, 0.717) is 11.4 Å². The van der Waals surface area contributed by atoms with Gasteiger partial charge in [-0.15, -0.1) is 0 Å². The van der Waals surface area contributed by atoms with Crippen molar-refractivity contribution in [2.75, 3.05) is 5.32 Å². The lowest BCUT2D eigenvalue weighted by Gasteiger charge is -2.06. The number of hydrogen-bond acceptors (Lipinski definition) is 5. The van der Waals surface area contributed by atoms with Crippen molar-refractivity contribution < 1.29 is 9.32 Å². The molecule has 1 aromatic carbocycles. The van der Waals surface area contributed by atoms with Gasteiger partial charge in [0.25, 0.3) is 5.91 Å². The Morgan fingerprint density at radius 1 is 1.22 bits per heavy atom. The Morgan fingerprint density at radius 2 is 2.11 bits per heavy atom. The minimum absolute atomic E-state index is 0.137. The molecule has 4 rings (SSSR count). The molecule has 8 nitrogen and oxygen atoms in total. The first-order chi connectivity index (χ1) is 13.2. The number of nitrogens with zero attached hydrogens (tertiary/aromatic N) is 5. The lowest BCUT2D eigenvalue weighted by Crippen LogP contribution is -2.11. The van der Waals surface area contributed by atoms with Gasteiger partial charge in [-0.05, 0) is 38.1 Å². The van der Waals surface area contributed by atoms with Crippen molar-refractivity contribution in [2.24, 2.45) is 0 Å². The second-order valence-electron chi connectivity index (χ2n) is 5.99. The van der Waals surface area contributed by atoms with Crippen LogP contribution in [0.5, 0.6) is 0 Å². The van der Waals surface area contributed by atoms with Crippen LogP contribution in [0.4, 0.5) is 5.69 Å². The number of anilines is 1. The van der Waals surface area contributed by atoms with E-state index in [1.54, 1.807) is 29.2 Å². The molecule has 0 bridgehead atoms. The molecule has 3 aromatic heterocycles. The fourth-order valence-corrected chi connectivity index (χ4v) is 2.87. The van der Waals surface area contributed by atoms with Gasteiger partial charge in [0.15, 0.2) is 0 Å². The molecule has 4 aromatic rings. The molecule has 0 saturated carbocycles. The SMILES string of the molecule is CCn1ncc(-c2cc(C(=O)Nc3cccc(-n4cccn4)c3)on2)c1C. The van der Waals surface area contributed by atoms with E-state index in [-0.39, 0.29) is 11.7 Å². The maximum Gasteiger partial charge on any atom is 0.294 e. The summed E-state index contributed by atoms with van der Waals surface area (Å²) in [5, 5.41) is 15.3. The first-order valence-corrected chi connectivity index (χ1v) is 8.56. The van der Waals surface area contributed by atoms with Gasteiger partial charge in [0.2, 0.25) is 5.76 Å². The van der Waals surface area contributed by atoms with E-state index in [2.05, 4.69) is 20.7 Å². The average Bonchev–Trinajstić information content (AvgIpc) is 3.42. The Labute approximate surface area is 155 Å². The van der Waals surface area contributed by atoms with Crippen LogP contribution in [0.25, 0.3) is 16.9 Å². The van der Waals surface area contributed by atoms with Crippen LogP contribution in [-0.4, -0.2) is 30.6 Å². The smallest absolute Gasteiger partial charge is 0.294 e. The topological polar surface area (TPSA) is 90.8 Å². The highest BCUT2D eigenvalue weighted by atomic mass is 16.5. The number of amides is 1. The van der Waals surface area contributed by atoms with Crippen molar-refractivity contribution in [3.8, 4) is 16.9 Å². The summed E-state index contributed by atoms with van der Waals surface area (Å²) in [6, 6.07) is 10.8. The number of aromatic nitrogens is 5. The van der Waals surface area contributed by atoms with E-state index in [1.165, 1.54) is 0 Å². The molecule has 0 spiro atoms. The Balaban J connectivity index is 1.53. The van der Waals surface area contributed by atoms with Crippen LogP contribution < -0.4 is 5.32 Å². The number of rotatable bonds is 5. The minimum atomic E-state index is -0.369. The van der Waals surface area contributed by atoms with Gasteiger partial charge in [-0.3, -0.25) is 9.48 Å². The molecular weight excluding hydrogens is 344 g/mol. The van der Waals surface area contributed by atoms with E-state index in [9.17, 15) is 4.79 Å². The molecule has 136 valence electrons. The zero-order valence-corrected chi connectivity index (χ0v) is 15.0. The standard InChI is InChI=1S/C19H18N6O2/c1-3-24-13(2)16(12-21-24)17-11-18(27-23-17)19(26)22-14-6-4-7-15(10-14)25-9-5-8-20-25/h4-12H,3H2,1-2H3,(H,22,26). The average molecular weight is 362 g/mol. The molecule has 27 heavy (non-hydrogen) atoms. The van der Waals surface area contributed by atoms with Gasteiger partial charge in [0.05, 0.1) is 11.9 Å². The van der Waals surface area contributed by atoms with E-state index in [0.717, 1.165) is 23.5 Å². The van der Waals surface area contributed by atoms with E-state index in [4.69, 9.17) is 4.52 Å². The van der Waals surface area contributed by atoms with Crippen LogP contribution in [0.15, 0.2) is 59.5 Å². The van der Waals surface area contributed by atoms with Crippen molar-refractivity contribution >= 4 is 11.6 Å². The van der Waals surface area contributed by atoms with Crippen LogP contribution in [0, 0.1) is 6.92 Å². The second-order valence-corrected chi connectivity index (χ2v) is 5.99. The molecule has 0 aliphatic heterocycles. The van der Waals surface area contributed by atoms with Crippen molar-refractivity contribution in [1.82, 2.24) is 24.7 Å². The Kier molecular flexibility index (Phi) is 4.29. The van der Waals surface area contributed by atoms with Gasteiger partial charge in [0, 0.05) is 41.9 Å². The first-order valence-electron chi connectivity index (χ1n) is 8.56. The lowest BCUT2D eigenvalue weighted by atomic mass is 10.2. The zero-order chi connectivity index (χ0) is 18.8. The summed E-state index contributed by atoms with van der Waals surface area (Å²) in [4.78, 5) is 12.5. The largest absolute Gasteiger partial charge is 0.350 e. The fraction of sp³-hybridized carbons (Fsp3) is 0.158. The van der Waals surface area contributed by atoms with Gasteiger partial charge in [-0.1, -0.05) is 11.2 Å². The highest BCUT2D eigenvalue weighted by Crippen LogP contribution is 2.23. The van der Waals surface area contributed by atoms with Gasteiger partial charge >= 0.3 is 0 Å². The normalized spacial score (nSPS) is 10.9. The van der Waals surface area contributed by atoms with Crippen molar-refractivity contribution in [1.29, 1.82) is 0 Å². The lowest BCUT2D eigenvalue weighted by molar-refractivity contribution is 0.0988. The van der Waals surface area contributed by atoms with E-state index < -0.39 is 0 Å². The monoisotopic (exact) mass is 362 g/mol.